The van der Waals surface area contributed by atoms with Crippen LogP contribution in [0.2, 0.25) is 0 Å². The smallest absolute Gasteiger partial charge is 0.429 e. The number of nitrogens with zero attached hydrogens (tertiary/aromatic N) is 1. The summed E-state index contributed by atoms with van der Waals surface area (Å²) >= 11 is 0. The Hall–Kier alpha value is -2.34. The van der Waals surface area contributed by atoms with Gasteiger partial charge >= 0.3 is 6.09 Å². The second-order valence-corrected chi connectivity index (χ2v) is 8.42. The monoisotopic (exact) mass is 345 g/mol. The Labute approximate surface area is 142 Å². The van der Waals surface area contributed by atoms with E-state index in [1.165, 1.54) is 6.08 Å². The lowest BCUT2D eigenvalue weighted by atomic mass is 10.0. The van der Waals surface area contributed by atoms with Crippen LogP contribution in [0.15, 0.2) is 55.2 Å². The first kappa shape index (κ1) is 16.5. The summed E-state index contributed by atoms with van der Waals surface area (Å²) < 4.78 is 31.4. The average molecular weight is 345 g/mol. The number of hydrogen-bond donors (Lipinski definition) is 0. The number of amides is 1. The van der Waals surface area contributed by atoms with Gasteiger partial charge in [0.2, 0.25) is 0 Å². The maximum Gasteiger partial charge on any atom is 0.429 e. The highest BCUT2D eigenvalue weighted by molar-refractivity contribution is 7.95. The van der Waals surface area contributed by atoms with Crippen molar-refractivity contribution in [2.24, 2.45) is 0 Å². The van der Waals surface area contributed by atoms with Gasteiger partial charge in [0.25, 0.3) is 10.0 Å². The van der Waals surface area contributed by atoms with Crippen LogP contribution in [0.25, 0.3) is 0 Å². The zero-order valence-corrected chi connectivity index (χ0v) is 14.4. The highest BCUT2D eigenvalue weighted by Crippen LogP contribution is 2.41. The van der Waals surface area contributed by atoms with Gasteiger partial charge in [-0.15, -0.1) is 0 Å². The lowest BCUT2D eigenvalue weighted by Crippen LogP contribution is -2.51. The van der Waals surface area contributed by atoms with Crippen molar-refractivity contribution in [3.05, 3.63) is 66.3 Å². The van der Waals surface area contributed by atoms with Crippen LogP contribution in [0.1, 0.15) is 30.6 Å². The molecule has 0 fully saturated rings. The Bertz CT molecular complexity index is 869. The minimum Gasteiger partial charge on any atom is -0.436 e. The number of sulfonamides is 1. The summed E-state index contributed by atoms with van der Waals surface area (Å²) in [5.41, 5.74) is 1.80. The molecule has 0 radical (unpaired) electrons. The molecule has 1 aliphatic heterocycles. The Kier molecular flexibility index (Phi) is 3.87. The summed E-state index contributed by atoms with van der Waals surface area (Å²) in [5, 5.41) is 0. The number of fused-ring (bicyclic) bond motifs is 1. The van der Waals surface area contributed by atoms with Crippen molar-refractivity contribution in [2.45, 2.75) is 31.1 Å². The van der Waals surface area contributed by atoms with Crippen LogP contribution in [-0.2, 0) is 14.8 Å². The van der Waals surface area contributed by atoms with E-state index >= 15 is 0 Å². The molecule has 0 spiro atoms. The van der Waals surface area contributed by atoms with Gasteiger partial charge < -0.3 is 4.74 Å². The Morgan fingerprint density at radius 3 is 2.75 bits per heavy atom. The number of carbonyl (C=O) groups is 1. The summed E-state index contributed by atoms with van der Waals surface area (Å²) in [6, 6.07) is 5.31. The zero-order valence-electron chi connectivity index (χ0n) is 13.6. The van der Waals surface area contributed by atoms with E-state index in [1.807, 2.05) is 13.0 Å². The molecule has 0 saturated heterocycles. The number of aryl methyl sites for hydroxylation is 1. The third-order valence-corrected chi connectivity index (χ3v) is 6.68. The third kappa shape index (κ3) is 2.38. The molecule has 126 valence electrons. The van der Waals surface area contributed by atoms with E-state index in [0.717, 1.165) is 9.87 Å². The van der Waals surface area contributed by atoms with Gasteiger partial charge in [0.1, 0.15) is 10.9 Å². The molecular weight excluding hydrogens is 326 g/mol. The number of rotatable bonds is 3. The van der Waals surface area contributed by atoms with Crippen molar-refractivity contribution in [1.82, 2.24) is 0 Å². The molecule has 0 saturated carbocycles. The van der Waals surface area contributed by atoms with Crippen molar-refractivity contribution in [1.29, 1.82) is 0 Å². The summed E-state index contributed by atoms with van der Waals surface area (Å²) in [6.07, 6.45) is 7.07. The molecule has 2 aliphatic rings. The minimum atomic E-state index is -4.01. The maximum atomic E-state index is 13.3. The third-order valence-electron chi connectivity index (χ3n) is 4.37. The van der Waals surface area contributed by atoms with Crippen molar-refractivity contribution >= 4 is 21.8 Å². The zero-order chi connectivity index (χ0) is 17.5. The molecule has 24 heavy (non-hydrogen) atoms. The van der Waals surface area contributed by atoms with Gasteiger partial charge in [-0.2, -0.15) is 4.31 Å². The fourth-order valence-corrected chi connectivity index (χ4v) is 4.53. The molecule has 0 aromatic heterocycles. The molecule has 1 heterocycles. The van der Waals surface area contributed by atoms with E-state index < -0.39 is 27.0 Å². The summed E-state index contributed by atoms with van der Waals surface area (Å²) in [4.78, 5) is 12.5. The standard InChI is InChI=1S/C18H19NO4S/c1-4-16-14-9-8-13(2)12-15(14)19(17(20)23-16)24(21,22)18(3)10-6-5-7-11-18/h4-10,12,16H,1,11H2,2-3H3. The van der Waals surface area contributed by atoms with Gasteiger partial charge in [-0.1, -0.05) is 43.0 Å². The molecule has 1 aliphatic carbocycles. The summed E-state index contributed by atoms with van der Waals surface area (Å²) in [6.45, 7) is 7.11. The predicted octanol–water partition coefficient (Wildman–Crippen LogP) is 3.78. The van der Waals surface area contributed by atoms with Gasteiger partial charge in [-0.25, -0.2) is 13.2 Å². The van der Waals surface area contributed by atoms with E-state index in [4.69, 9.17) is 4.74 Å². The van der Waals surface area contributed by atoms with Crippen LogP contribution < -0.4 is 4.31 Å². The van der Waals surface area contributed by atoms with Gasteiger partial charge in [-0.3, -0.25) is 0 Å². The Balaban J connectivity index is 2.19. The van der Waals surface area contributed by atoms with E-state index in [-0.39, 0.29) is 0 Å². The predicted molar refractivity (Wildman–Crippen MR) is 93.3 cm³/mol. The van der Waals surface area contributed by atoms with Crippen molar-refractivity contribution < 1.29 is 17.9 Å². The highest BCUT2D eigenvalue weighted by Gasteiger charge is 2.48. The molecule has 0 N–H and O–H groups in total. The molecule has 1 aromatic carbocycles. The minimum absolute atomic E-state index is 0.293. The molecule has 6 heteroatoms. The van der Waals surface area contributed by atoms with Gasteiger partial charge in [0, 0.05) is 5.56 Å². The molecule has 2 unspecified atom stereocenters. The van der Waals surface area contributed by atoms with E-state index in [9.17, 15) is 13.2 Å². The largest absolute Gasteiger partial charge is 0.436 e. The Morgan fingerprint density at radius 1 is 1.38 bits per heavy atom. The number of anilines is 1. The first-order chi connectivity index (χ1) is 11.3. The van der Waals surface area contributed by atoms with Crippen LogP contribution in [0.5, 0.6) is 0 Å². The number of allylic oxidation sites excluding steroid dienone is 3. The number of hydrogen-bond acceptors (Lipinski definition) is 4. The molecule has 5 nitrogen and oxygen atoms in total. The van der Waals surface area contributed by atoms with E-state index in [1.54, 1.807) is 43.4 Å². The second-order valence-electron chi connectivity index (χ2n) is 6.18. The molecule has 3 rings (SSSR count). The van der Waals surface area contributed by atoms with E-state index in [2.05, 4.69) is 6.58 Å². The second kappa shape index (κ2) is 5.63. The van der Waals surface area contributed by atoms with Gasteiger partial charge in [0.05, 0.1) is 5.69 Å². The summed E-state index contributed by atoms with van der Waals surface area (Å²) in [7, 11) is -4.01. The van der Waals surface area contributed by atoms with Crippen molar-refractivity contribution in [3.8, 4) is 0 Å². The SMILES string of the molecule is C=CC1OC(=O)N(S(=O)(=O)C2(C)C=CC=CC2)c2cc(C)ccc21. The molecule has 0 bridgehead atoms. The van der Waals surface area contributed by atoms with E-state index in [0.29, 0.717) is 17.7 Å². The lowest BCUT2D eigenvalue weighted by molar-refractivity contribution is 0.126. The molecular formula is C18H19NO4S. The number of benzene rings is 1. The van der Waals surface area contributed by atoms with Crippen molar-refractivity contribution in [3.63, 3.8) is 0 Å². The van der Waals surface area contributed by atoms with Crippen LogP contribution in [0.3, 0.4) is 0 Å². The first-order valence-electron chi connectivity index (χ1n) is 7.63. The number of ether oxygens (including phenoxy) is 1. The van der Waals surface area contributed by atoms with Gasteiger partial charge in [-0.05, 0) is 38.0 Å². The lowest BCUT2D eigenvalue weighted by Gasteiger charge is -2.37. The normalized spacial score (nSPS) is 26.0. The average Bonchev–Trinajstić information content (AvgIpc) is 2.54. The summed E-state index contributed by atoms with van der Waals surface area (Å²) in [5.74, 6) is 0. The van der Waals surface area contributed by atoms with Crippen molar-refractivity contribution in [2.75, 3.05) is 4.31 Å². The highest BCUT2D eigenvalue weighted by atomic mass is 32.2. The van der Waals surface area contributed by atoms with Crippen LogP contribution >= 0.6 is 0 Å². The fraction of sp³-hybridized carbons (Fsp3) is 0.278. The molecule has 1 aromatic rings. The topological polar surface area (TPSA) is 63.7 Å². The van der Waals surface area contributed by atoms with Crippen LogP contribution in [0, 0.1) is 6.92 Å². The van der Waals surface area contributed by atoms with Gasteiger partial charge in [0.15, 0.2) is 0 Å². The maximum absolute atomic E-state index is 13.3. The number of cyclic esters (lactones) is 1. The van der Waals surface area contributed by atoms with Crippen LogP contribution in [-0.4, -0.2) is 19.3 Å². The first-order valence-corrected chi connectivity index (χ1v) is 9.07. The van der Waals surface area contributed by atoms with Crippen LogP contribution in [0.4, 0.5) is 10.5 Å². The Morgan fingerprint density at radius 2 is 2.12 bits per heavy atom. The fourth-order valence-electron chi connectivity index (χ4n) is 2.90. The quantitative estimate of drug-likeness (QED) is 0.782. The molecule has 1 amide bonds. The number of carbonyl (C=O) groups excluding carboxylic acids is 1. The molecule has 2 atom stereocenters.